The molecule has 138 valence electrons. The number of ether oxygens (including phenoxy) is 2. The molecule has 2 amide bonds. The Bertz CT molecular complexity index is 647. The quantitative estimate of drug-likeness (QED) is 0.846. The standard InChI is InChI=1S/C18H27N3O4/c1-11-5-6-21(14(7-11)10-19)18(23)13-8-15(20-12(2)22)17(25-4)16(9-13)24-3/h8-9,11,14H,5-7,10,19H2,1-4H3,(H,20,22). The highest BCUT2D eigenvalue weighted by Crippen LogP contribution is 2.37. The molecule has 1 heterocycles. The van der Waals surface area contributed by atoms with Gasteiger partial charge in [0, 0.05) is 31.6 Å². The van der Waals surface area contributed by atoms with Gasteiger partial charge in [-0.3, -0.25) is 9.59 Å². The molecule has 2 atom stereocenters. The number of amides is 2. The molecule has 3 N–H and O–H groups in total. The van der Waals surface area contributed by atoms with E-state index >= 15 is 0 Å². The maximum atomic E-state index is 13.0. The van der Waals surface area contributed by atoms with Gasteiger partial charge < -0.3 is 25.4 Å². The number of carbonyl (C=O) groups excluding carboxylic acids is 2. The first-order valence-electron chi connectivity index (χ1n) is 8.45. The fourth-order valence-electron chi connectivity index (χ4n) is 3.28. The minimum Gasteiger partial charge on any atom is -0.493 e. The number of anilines is 1. The summed E-state index contributed by atoms with van der Waals surface area (Å²) < 4.78 is 10.7. The average molecular weight is 349 g/mol. The minimum atomic E-state index is -0.253. The summed E-state index contributed by atoms with van der Waals surface area (Å²) in [6, 6.07) is 3.28. The number of benzene rings is 1. The van der Waals surface area contributed by atoms with Gasteiger partial charge in [-0.1, -0.05) is 6.92 Å². The van der Waals surface area contributed by atoms with Crippen molar-refractivity contribution in [3.63, 3.8) is 0 Å². The van der Waals surface area contributed by atoms with Gasteiger partial charge in [-0.15, -0.1) is 0 Å². The molecule has 0 aliphatic carbocycles. The van der Waals surface area contributed by atoms with Crippen LogP contribution in [0.15, 0.2) is 12.1 Å². The molecule has 1 aliphatic rings. The van der Waals surface area contributed by atoms with Crippen LogP contribution in [0.25, 0.3) is 0 Å². The molecular weight excluding hydrogens is 322 g/mol. The molecular formula is C18H27N3O4. The van der Waals surface area contributed by atoms with Gasteiger partial charge in [0.25, 0.3) is 5.91 Å². The Morgan fingerprint density at radius 3 is 2.60 bits per heavy atom. The number of rotatable bonds is 5. The van der Waals surface area contributed by atoms with E-state index in [0.29, 0.717) is 41.8 Å². The van der Waals surface area contributed by atoms with Gasteiger partial charge in [0.05, 0.1) is 19.9 Å². The zero-order valence-electron chi connectivity index (χ0n) is 15.3. The van der Waals surface area contributed by atoms with Gasteiger partial charge in [0.15, 0.2) is 11.5 Å². The lowest BCUT2D eigenvalue weighted by atomic mass is 9.92. The summed E-state index contributed by atoms with van der Waals surface area (Å²) >= 11 is 0. The van der Waals surface area contributed by atoms with Crippen LogP contribution in [0.3, 0.4) is 0 Å². The minimum absolute atomic E-state index is 0.0218. The molecule has 0 saturated carbocycles. The smallest absolute Gasteiger partial charge is 0.254 e. The normalized spacial score (nSPS) is 20.1. The van der Waals surface area contributed by atoms with E-state index in [0.717, 1.165) is 12.8 Å². The second-order valence-electron chi connectivity index (χ2n) is 6.46. The van der Waals surface area contributed by atoms with Crippen molar-refractivity contribution in [2.75, 3.05) is 32.6 Å². The predicted octanol–water partition coefficient (Wildman–Crippen LogP) is 1.86. The maximum absolute atomic E-state index is 13.0. The van der Waals surface area contributed by atoms with E-state index in [-0.39, 0.29) is 17.9 Å². The van der Waals surface area contributed by atoms with E-state index in [1.54, 1.807) is 12.1 Å². The third kappa shape index (κ3) is 4.22. The SMILES string of the molecule is COc1cc(C(=O)N2CCC(C)CC2CN)cc(NC(C)=O)c1OC. The van der Waals surface area contributed by atoms with Crippen LogP contribution in [-0.4, -0.2) is 50.1 Å². The monoisotopic (exact) mass is 349 g/mol. The fraction of sp³-hybridized carbons (Fsp3) is 0.556. The number of hydrogen-bond acceptors (Lipinski definition) is 5. The molecule has 2 rings (SSSR count). The summed E-state index contributed by atoms with van der Waals surface area (Å²) in [6.07, 6.45) is 1.85. The molecule has 0 radical (unpaired) electrons. The lowest BCUT2D eigenvalue weighted by Gasteiger charge is -2.38. The van der Waals surface area contributed by atoms with Crippen LogP contribution in [0.1, 0.15) is 37.0 Å². The summed E-state index contributed by atoms with van der Waals surface area (Å²) in [5, 5.41) is 2.69. The third-order valence-corrected chi connectivity index (χ3v) is 4.55. The van der Waals surface area contributed by atoms with Gasteiger partial charge in [-0.05, 0) is 30.9 Å². The number of likely N-dealkylation sites (tertiary alicyclic amines) is 1. The molecule has 7 nitrogen and oxygen atoms in total. The second kappa shape index (κ2) is 8.20. The van der Waals surface area contributed by atoms with Gasteiger partial charge in [-0.2, -0.15) is 0 Å². The van der Waals surface area contributed by atoms with Crippen molar-refractivity contribution in [2.24, 2.45) is 11.7 Å². The van der Waals surface area contributed by atoms with E-state index in [1.165, 1.54) is 21.1 Å². The molecule has 0 bridgehead atoms. The van der Waals surface area contributed by atoms with E-state index in [2.05, 4.69) is 12.2 Å². The Morgan fingerprint density at radius 2 is 2.04 bits per heavy atom. The van der Waals surface area contributed by atoms with Crippen LogP contribution in [0, 0.1) is 5.92 Å². The maximum Gasteiger partial charge on any atom is 0.254 e. The van der Waals surface area contributed by atoms with Crippen molar-refractivity contribution >= 4 is 17.5 Å². The Labute approximate surface area is 148 Å². The number of nitrogens with two attached hydrogens (primary N) is 1. The van der Waals surface area contributed by atoms with Crippen molar-refractivity contribution in [1.82, 2.24) is 4.90 Å². The summed E-state index contributed by atoms with van der Waals surface area (Å²) in [6.45, 7) is 4.68. The van der Waals surface area contributed by atoms with Crippen molar-refractivity contribution in [2.45, 2.75) is 32.7 Å². The first kappa shape index (κ1) is 19.1. The number of methoxy groups -OCH3 is 2. The predicted molar refractivity (Wildman–Crippen MR) is 96.1 cm³/mol. The van der Waals surface area contributed by atoms with Crippen molar-refractivity contribution < 1.29 is 19.1 Å². The lowest BCUT2D eigenvalue weighted by Crippen LogP contribution is -2.49. The van der Waals surface area contributed by atoms with Gasteiger partial charge in [0.1, 0.15) is 0 Å². The van der Waals surface area contributed by atoms with E-state index < -0.39 is 0 Å². The van der Waals surface area contributed by atoms with Crippen molar-refractivity contribution in [3.8, 4) is 11.5 Å². The molecule has 1 saturated heterocycles. The van der Waals surface area contributed by atoms with Crippen molar-refractivity contribution in [3.05, 3.63) is 17.7 Å². The molecule has 1 aromatic rings. The Balaban J connectivity index is 2.40. The summed E-state index contributed by atoms with van der Waals surface area (Å²) in [7, 11) is 2.98. The largest absolute Gasteiger partial charge is 0.493 e. The van der Waals surface area contributed by atoms with Crippen LogP contribution < -0.4 is 20.5 Å². The highest BCUT2D eigenvalue weighted by atomic mass is 16.5. The van der Waals surface area contributed by atoms with E-state index in [4.69, 9.17) is 15.2 Å². The second-order valence-corrected chi connectivity index (χ2v) is 6.46. The molecule has 25 heavy (non-hydrogen) atoms. The summed E-state index contributed by atoms with van der Waals surface area (Å²) in [4.78, 5) is 26.3. The zero-order valence-corrected chi connectivity index (χ0v) is 15.3. The van der Waals surface area contributed by atoms with Crippen molar-refractivity contribution in [1.29, 1.82) is 0 Å². The first-order valence-corrected chi connectivity index (χ1v) is 8.45. The van der Waals surface area contributed by atoms with Crippen LogP contribution >= 0.6 is 0 Å². The molecule has 0 aromatic heterocycles. The molecule has 7 heteroatoms. The van der Waals surface area contributed by atoms with Crippen LogP contribution in [0.5, 0.6) is 11.5 Å². The van der Waals surface area contributed by atoms with Crippen LogP contribution in [0.4, 0.5) is 5.69 Å². The summed E-state index contributed by atoms with van der Waals surface area (Å²) in [5.41, 5.74) is 6.72. The van der Waals surface area contributed by atoms with Gasteiger partial charge in [0.2, 0.25) is 5.91 Å². The highest BCUT2D eigenvalue weighted by molar-refractivity contribution is 5.99. The Hall–Kier alpha value is -2.28. The first-order chi connectivity index (χ1) is 11.9. The number of piperidine rings is 1. The fourth-order valence-corrected chi connectivity index (χ4v) is 3.28. The topological polar surface area (TPSA) is 93.9 Å². The molecule has 1 aliphatic heterocycles. The van der Waals surface area contributed by atoms with Gasteiger partial charge in [-0.25, -0.2) is 0 Å². The Morgan fingerprint density at radius 1 is 1.32 bits per heavy atom. The van der Waals surface area contributed by atoms with Crippen LogP contribution in [0.2, 0.25) is 0 Å². The number of hydrogen-bond donors (Lipinski definition) is 2. The van der Waals surface area contributed by atoms with Crippen LogP contribution in [-0.2, 0) is 4.79 Å². The van der Waals surface area contributed by atoms with Gasteiger partial charge >= 0.3 is 0 Å². The number of nitrogens with one attached hydrogen (secondary N) is 1. The highest BCUT2D eigenvalue weighted by Gasteiger charge is 2.30. The van der Waals surface area contributed by atoms with E-state index in [9.17, 15) is 9.59 Å². The molecule has 1 fully saturated rings. The number of carbonyl (C=O) groups is 2. The average Bonchev–Trinajstić information content (AvgIpc) is 2.59. The Kier molecular flexibility index (Phi) is 6.25. The molecule has 2 unspecified atom stereocenters. The summed E-state index contributed by atoms with van der Waals surface area (Å²) in [5.74, 6) is 0.966. The lowest BCUT2D eigenvalue weighted by molar-refractivity contribution is -0.114. The molecule has 0 spiro atoms. The number of nitrogens with zero attached hydrogens (tertiary/aromatic N) is 1. The van der Waals surface area contributed by atoms with E-state index in [1.807, 2.05) is 4.90 Å². The third-order valence-electron chi connectivity index (χ3n) is 4.55. The molecule has 1 aromatic carbocycles. The zero-order chi connectivity index (χ0) is 18.6.